The van der Waals surface area contributed by atoms with E-state index in [1.54, 1.807) is 0 Å². The maximum absolute atomic E-state index is 6.34. The lowest BCUT2D eigenvalue weighted by molar-refractivity contribution is 0.0621. The molecule has 0 amide bonds. The summed E-state index contributed by atoms with van der Waals surface area (Å²) in [6.07, 6.45) is -0.111. The van der Waals surface area contributed by atoms with Crippen LogP contribution in [0.3, 0.4) is 0 Å². The molecule has 0 radical (unpaired) electrons. The molecule has 2 aromatic carbocycles. The third-order valence-corrected chi connectivity index (χ3v) is 3.91. The predicted octanol–water partition coefficient (Wildman–Crippen LogP) is 3.83. The first kappa shape index (κ1) is 14.2. The highest BCUT2D eigenvalue weighted by molar-refractivity contribution is 6.31. The van der Waals surface area contributed by atoms with E-state index in [1.165, 1.54) is 0 Å². The molecule has 110 valence electrons. The Morgan fingerprint density at radius 3 is 2.62 bits per heavy atom. The van der Waals surface area contributed by atoms with Crippen LogP contribution < -0.4 is 14.8 Å². The third kappa shape index (κ3) is 2.99. The summed E-state index contributed by atoms with van der Waals surface area (Å²) >= 11 is 6.34. The summed E-state index contributed by atoms with van der Waals surface area (Å²) in [4.78, 5) is 0. The maximum atomic E-state index is 6.34. The number of hydrogen-bond donors (Lipinski definition) is 1. The van der Waals surface area contributed by atoms with Gasteiger partial charge in [0.2, 0.25) is 0 Å². The molecule has 0 aromatic heterocycles. The van der Waals surface area contributed by atoms with Gasteiger partial charge < -0.3 is 14.8 Å². The minimum Gasteiger partial charge on any atom is -0.486 e. The van der Waals surface area contributed by atoms with Crippen LogP contribution in [0.5, 0.6) is 11.5 Å². The van der Waals surface area contributed by atoms with Gasteiger partial charge >= 0.3 is 0 Å². The van der Waals surface area contributed by atoms with Crippen LogP contribution in [0.1, 0.15) is 18.5 Å². The molecule has 3 rings (SSSR count). The molecule has 0 aliphatic carbocycles. The van der Waals surface area contributed by atoms with E-state index in [2.05, 4.69) is 12.2 Å². The molecule has 0 fully saturated rings. The average Bonchev–Trinajstić information content (AvgIpc) is 2.53. The molecular weight excluding hydrogens is 286 g/mol. The molecule has 1 heterocycles. The Bertz CT molecular complexity index is 617. The van der Waals surface area contributed by atoms with Crippen molar-refractivity contribution >= 4 is 11.6 Å². The zero-order valence-electron chi connectivity index (χ0n) is 11.9. The monoisotopic (exact) mass is 303 g/mol. The van der Waals surface area contributed by atoms with Crippen LogP contribution in [-0.4, -0.2) is 19.3 Å². The van der Waals surface area contributed by atoms with Gasteiger partial charge in [0, 0.05) is 5.02 Å². The van der Waals surface area contributed by atoms with Crippen molar-refractivity contribution in [1.82, 2.24) is 5.32 Å². The van der Waals surface area contributed by atoms with Gasteiger partial charge in [-0.1, -0.05) is 48.9 Å². The summed E-state index contributed by atoms with van der Waals surface area (Å²) in [6.45, 7) is 3.40. The topological polar surface area (TPSA) is 30.5 Å². The molecule has 4 heteroatoms. The van der Waals surface area contributed by atoms with Gasteiger partial charge in [-0.05, 0) is 30.3 Å². The normalized spacial score (nSPS) is 18.3. The van der Waals surface area contributed by atoms with Crippen molar-refractivity contribution in [2.75, 3.05) is 13.2 Å². The molecule has 0 saturated carbocycles. The maximum Gasteiger partial charge on any atom is 0.161 e. The quantitative estimate of drug-likeness (QED) is 0.931. The molecule has 2 unspecified atom stereocenters. The zero-order valence-corrected chi connectivity index (χ0v) is 12.6. The molecule has 1 aliphatic rings. The van der Waals surface area contributed by atoms with Crippen molar-refractivity contribution < 1.29 is 9.47 Å². The van der Waals surface area contributed by atoms with Crippen LogP contribution >= 0.6 is 11.6 Å². The Morgan fingerprint density at radius 2 is 1.86 bits per heavy atom. The van der Waals surface area contributed by atoms with Crippen molar-refractivity contribution in [3.8, 4) is 11.5 Å². The number of rotatable bonds is 4. The summed E-state index contributed by atoms with van der Waals surface area (Å²) in [7, 11) is 0. The smallest absolute Gasteiger partial charge is 0.161 e. The van der Waals surface area contributed by atoms with Crippen molar-refractivity contribution in [3.63, 3.8) is 0 Å². The van der Waals surface area contributed by atoms with Gasteiger partial charge in [-0.2, -0.15) is 0 Å². The molecule has 0 spiro atoms. The molecule has 0 bridgehead atoms. The van der Waals surface area contributed by atoms with Crippen LogP contribution in [0.2, 0.25) is 5.02 Å². The van der Waals surface area contributed by atoms with E-state index >= 15 is 0 Å². The number of fused-ring (bicyclic) bond motifs is 1. The minimum absolute atomic E-state index is 0.00273. The fourth-order valence-corrected chi connectivity index (χ4v) is 2.84. The first-order valence-corrected chi connectivity index (χ1v) is 7.53. The van der Waals surface area contributed by atoms with Crippen LogP contribution in [0.4, 0.5) is 0 Å². The Balaban J connectivity index is 1.88. The van der Waals surface area contributed by atoms with E-state index in [4.69, 9.17) is 21.1 Å². The van der Waals surface area contributed by atoms with Gasteiger partial charge in [0.25, 0.3) is 0 Å². The van der Waals surface area contributed by atoms with Crippen molar-refractivity contribution in [2.24, 2.45) is 0 Å². The van der Waals surface area contributed by atoms with Gasteiger partial charge in [-0.3, -0.25) is 0 Å². The standard InChI is InChI=1S/C17H18ClNO2/c1-2-19-17(12-7-3-4-8-13(12)18)16-11-20-14-9-5-6-10-15(14)21-16/h3-10,16-17,19H,2,11H2,1H3. The Kier molecular flexibility index (Phi) is 4.32. The molecule has 3 nitrogen and oxygen atoms in total. The van der Waals surface area contributed by atoms with E-state index in [0.717, 1.165) is 28.6 Å². The molecule has 21 heavy (non-hydrogen) atoms. The number of hydrogen-bond acceptors (Lipinski definition) is 3. The van der Waals surface area contributed by atoms with Gasteiger partial charge in [-0.25, -0.2) is 0 Å². The molecule has 1 aliphatic heterocycles. The minimum atomic E-state index is -0.111. The number of ether oxygens (including phenoxy) is 2. The lowest BCUT2D eigenvalue weighted by atomic mass is 10.0. The lowest BCUT2D eigenvalue weighted by Crippen LogP contribution is -2.41. The first-order valence-electron chi connectivity index (χ1n) is 7.16. The summed E-state index contributed by atoms with van der Waals surface area (Å²) in [5, 5.41) is 4.19. The van der Waals surface area contributed by atoms with Gasteiger partial charge in [-0.15, -0.1) is 0 Å². The first-order chi connectivity index (χ1) is 10.3. The van der Waals surface area contributed by atoms with Gasteiger partial charge in [0.15, 0.2) is 17.6 Å². The highest BCUT2D eigenvalue weighted by atomic mass is 35.5. The van der Waals surface area contributed by atoms with Gasteiger partial charge in [0.05, 0.1) is 6.04 Å². The van der Waals surface area contributed by atoms with E-state index in [1.807, 2.05) is 48.5 Å². The van der Waals surface area contributed by atoms with E-state index in [0.29, 0.717) is 6.61 Å². The van der Waals surface area contributed by atoms with E-state index in [-0.39, 0.29) is 12.1 Å². The van der Waals surface area contributed by atoms with Crippen LogP contribution in [-0.2, 0) is 0 Å². The average molecular weight is 304 g/mol. The number of nitrogens with one attached hydrogen (secondary N) is 1. The summed E-state index contributed by atoms with van der Waals surface area (Å²) < 4.78 is 11.9. The molecule has 1 N–H and O–H groups in total. The van der Waals surface area contributed by atoms with Crippen molar-refractivity contribution in [1.29, 1.82) is 0 Å². The molecule has 0 saturated heterocycles. The molecule has 2 aromatic rings. The Hall–Kier alpha value is -1.71. The van der Waals surface area contributed by atoms with Crippen LogP contribution in [0.15, 0.2) is 48.5 Å². The Labute approximate surface area is 129 Å². The number of halogens is 1. The molecular formula is C17H18ClNO2. The summed E-state index contributed by atoms with van der Waals surface area (Å²) in [5.74, 6) is 1.58. The second-order valence-corrected chi connectivity index (χ2v) is 5.38. The number of benzene rings is 2. The number of likely N-dealkylation sites (N-methyl/N-ethyl adjacent to an activating group) is 1. The summed E-state index contributed by atoms with van der Waals surface area (Å²) in [5.41, 5.74) is 1.04. The van der Waals surface area contributed by atoms with Crippen LogP contribution in [0.25, 0.3) is 0 Å². The second kappa shape index (κ2) is 6.37. The fourth-order valence-electron chi connectivity index (χ4n) is 2.59. The van der Waals surface area contributed by atoms with Crippen molar-refractivity contribution in [2.45, 2.75) is 19.1 Å². The second-order valence-electron chi connectivity index (χ2n) is 4.97. The molecule has 2 atom stereocenters. The van der Waals surface area contributed by atoms with E-state index in [9.17, 15) is 0 Å². The largest absolute Gasteiger partial charge is 0.486 e. The van der Waals surface area contributed by atoms with Crippen molar-refractivity contribution in [3.05, 3.63) is 59.1 Å². The lowest BCUT2D eigenvalue weighted by Gasteiger charge is -2.33. The van der Waals surface area contributed by atoms with Crippen LogP contribution in [0, 0.1) is 0 Å². The predicted molar refractivity (Wildman–Crippen MR) is 84.2 cm³/mol. The highest BCUT2D eigenvalue weighted by Gasteiger charge is 2.30. The van der Waals surface area contributed by atoms with Gasteiger partial charge in [0.1, 0.15) is 6.61 Å². The van der Waals surface area contributed by atoms with E-state index < -0.39 is 0 Å². The highest BCUT2D eigenvalue weighted by Crippen LogP contribution is 2.35. The SMILES string of the molecule is CCNC(c1ccccc1Cl)C1COc2ccccc2O1. The fraction of sp³-hybridized carbons (Fsp3) is 0.294. The third-order valence-electron chi connectivity index (χ3n) is 3.57. The zero-order chi connectivity index (χ0) is 14.7. The Morgan fingerprint density at radius 1 is 1.14 bits per heavy atom. The summed E-state index contributed by atoms with van der Waals surface area (Å²) in [6, 6.07) is 15.6. The number of para-hydroxylation sites is 2.